The summed E-state index contributed by atoms with van der Waals surface area (Å²) in [6.07, 6.45) is 2.57. The molecule has 2 aliphatic rings. The van der Waals surface area contributed by atoms with E-state index in [2.05, 4.69) is 7.85 Å². The number of carbonyl (C=O) groups excluding carboxylic acids is 1. The van der Waals surface area contributed by atoms with Crippen LogP contribution in [0.1, 0.15) is 12.8 Å². The Labute approximate surface area is 72.8 Å². The first-order chi connectivity index (χ1) is 5.74. The highest BCUT2D eigenvalue weighted by molar-refractivity contribution is 6.14. The first-order valence-electron chi connectivity index (χ1n) is 4.47. The highest BCUT2D eigenvalue weighted by Crippen LogP contribution is 2.45. The molecule has 4 atom stereocenters. The lowest BCUT2D eigenvalue weighted by Gasteiger charge is -2.21. The van der Waals surface area contributed by atoms with Gasteiger partial charge in [-0.1, -0.05) is 0 Å². The molecule has 0 radical (unpaired) electrons. The van der Waals surface area contributed by atoms with Crippen molar-refractivity contribution in [3.05, 3.63) is 0 Å². The van der Waals surface area contributed by atoms with Crippen molar-refractivity contribution in [3.63, 3.8) is 0 Å². The minimum atomic E-state index is -0.102. The lowest BCUT2D eigenvalue weighted by Crippen LogP contribution is -2.31. The van der Waals surface area contributed by atoms with Gasteiger partial charge in [-0.3, -0.25) is 4.79 Å². The van der Waals surface area contributed by atoms with Crippen molar-refractivity contribution in [2.45, 2.75) is 30.9 Å². The SMILES string of the molecule is BC1C2CCC(O2)C1C(=O)OC. The van der Waals surface area contributed by atoms with Gasteiger partial charge < -0.3 is 9.47 Å². The van der Waals surface area contributed by atoms with Gasteiger partial charge in [-0.15, -0.1) is 0 Å². The maximum absolute atomic E-state index is 11.3. The topological polar surface area (TPSA) is 35.5 Å². The lowest BCUT2D eigenvalue weighted by atomic mass is 9.68. The van der Waals surface area contributed by atoms with E-state index in [-0.39, 0.29) is 18.0 Å². The van der Waals surface area contributed by atoms with Gasteiger partial charge in [-0.25, -0.2) is 0 Å². The molecular formula is C8H13BO3. The van der Waals surface area contributed by atoms with Crippen molar-refractivity contribution >= 4 is 13.8 Å². The number of hydrogen-bond acceptors (Lipinski definition) is 3. The van der Waals surface area contributed by atoms with E-state index in [0.29, 0.717) is 11.9 Å². The molecule has 2 bridgehead atoms. The molecule has 0 aromatic carbocycles. The summed E-state index contributed by atoms with van der Waals surface area (Å²) < 4.78 is 10.4. The van der Waals surface area contributed by atoms with Crippen LogP contribution >= 0.6 is 0 Å². The van der Waals surface area contributed by atoms with Crippen LogP contribution in [0.4, 0.5) is 0 Å². The molecule has 2 heterocycles. The van der Waals surface area contributed by atoms with E-state index >= 15 is 0 Å². The average molecular weight is 168 g/mol. The molecule has 0 N–H and O–H groups in total. The molecule has 12 heavy (non-hydrogen) atoms. The second kappa shape index (κ2) is 2.77. The van der Waals surface area contributed by atoms with Crippen LogP contribution in [-0.2, 0) is 14.3 Å². The van der Waals surface area contributed by atoms with Crippen LogP contribution in [0.5, 0.6) is 0 Å². The normalized spacial score (nSPS) is 44.8. The van der Waals surface area contributed by atoms with E-state index in [1.54, 1.807) is 0 Å². The summed E-state index contributed by atoms with van der Waals surface area (Å²) in [6.45, 7) is 0. The molecule has 3 nitrogen and oxygen atoms in total. The monoisotopic (exact) mass is 168 g/mol. The van der Waals surface area contributed by atoms with E-state index in [4.69, 9.17) is 9.47 Å². The van der Waals surface area contributed by atoms with Crippen LogP contribution < -0.4 is 0 Å². The summed E-state index contributed by atoms with van der Waals surface area (Å²) in [5, 5.41) is 0. The fraction of sp³-hybridized carbons (Fsp3) is 0.875. The number of hydrogen-bond donors (Lipinski definition) is 0. The fourth-order valence-corrected chi connectivity index (χ4v) is 2.41. The Morgan fingerprint density at radius 2 is 2.17 bits per heavy atom. The van der Waals surface area contributed by atoms with Gasteiger partial charge >= 0.3 is 5.97 Å². The third kappa shape index (κ3) is 0.976. The predicted molar refractivity (Wildman–Crippen MR) is 45.7 cm³/mol. The standard InChI is InChI=1S/C8H13BO3/c1-11-8(10)6-4-2-3-5(12-4)7(6)9/h4-7H,2-3,9H2,1H3. The smallest absolute Gasteiger partial charge is 0.310 e. The first kappa shape index (κ1) is 8.11. The Balaban J connectivity index is 2.12. The molecule has 2 aliphatic heterocycles. The fourth-order valence-electron chi connectivity index (χ4n) is 2.41. The predicted octanol–water partition coefficient (Wildman–Crippen LogP) is -0.242. The molecule has 4 heteroatoms. The molecule has 0 spiro atoms. The molecule has 2 rings (SSSR count). The van der Waals surface area contributed by atoms with E-state index < -0.39 is 0 Å². The Bertz CT molecular complexity index is 204. The highest BCUT2D eigenvalue weighted by Gasteiger charge is 2.50. The zero-order valence-electron chi connectivity index (χ0n) is 7.45. The largest absolute Gasteiger partial charge is 0.469 e. The number of fused-ring (bicyclic) bond motifs is 2. The third-order valence-electron chi connectivity index (χ3n) is 3.11. The van der Waals surface area contributed by atoms with Gasteiger partial charge in [0.1, 0.15) is 7.85 Å². The molecule has 2 saturated heterocycles. The molecule has 0 aromatic rings. The Morgan fingerprint density at radius 1 is 1.50 bits per heavy atom. The van der Waals surface area contributed by atoms with Crippen LogP contribution in [0.3, 0.4) is 0 Å². The number of carbonyl (C=O) groups is 1. The zero-order valence-corrected chi connectivity index (χ0v) is 7.45. The summed E-state index contributed by atoms with van der Waals surface area (Å²) in [5.41, 5.74) is 0. The van der Waals surface area contributed by atoms with Gasteiger partial charge in [0.15, 0.2) is 0 Å². The van der Waals surface area contributed by atoms with Crippen molar-refractivity contribution in [2.24, 2.45) is 5.92 Å². The molecule has 2 fully saturated rings. The second-order valence-corrected chi connectivity index (χ2v) is 3.70. The molecule has 0 aromatic heterocycles. The molecule has 0 amide bonds. The van der Waals surface area contributed by atoms with Crippen molar-refractivity contribution in [3.8, 4) is 0 Å². The zero-order chi connectivity index (χ0) is 8.72. The second-order valence-electron chi connectivity index (χ2n) is 3.70. The van der Waals surface area contributed by atoms with Gasteiger partial charge in [0.25, 0.3) is 0 Å². The number of methoxy groups -OCH3 is 1. The third-order valence-corrected chi connectivity index (χ3v) is 3.11. The van der Waals surface area contributed by atoms with Gasteiger partial charge in [0.2, 0.25) is 0 Å². The Hall–Kier alpha value is -0.505. The minimum Gasteiger partial charge on any atom is -0.469 e. The summed E-state index contributed by atoms with van der Waals surface area (Å²) in [7, 11) is 3.52. The van der Waals surface area contributed by atoms with Gasteiger partial charge in [0, 0.05) is 0 Å². The quantitative estimate of drug-likeness (QED) is 0.400. The van der Waals surface area contributed by atoms with Crippen LogP contribution in [0.25, 0.3) is 0 Å². The maximum atomic E-state index is 11.3. The number of esters is 1. The minimum absolute atomic E-state index is 0.00579. The van der Waals surface area contributed by atoms with Gasteiger partial charge in [-0.2, -0.15) is 0 Å². The van der Waals surface area contributed by atoms with Crippen molar-refractivity contribution in [1.29, 1.82) is 0 Å². The Morgan fingerprint density at radius 3 is 2.67 bits per heavy atom. The van der Waals surface area contributed by atoms with Gasteiger partial charge in [-0.05, 0) is 18.7 Å². The molecule has 0 aliphatic carbocycles. The summed E-state index contributed by atoms with van der Waals surface area (Å²) >= 11 is 0. The van der Waals surface area contributed by atoms with Crippen LogP contribution in [0.15, 0.2) is 0 Å². The van der Waals surface area contributed by atoms with Crippen molar-refractivity contribution < 1.29 is 14.3 Å². The number of rotatable bonds is 1. The molecule has 66 valence electrons. The molecule has 4 unspecified atom stereocenters. The summed E-state index contributed by atoms with van der Waals surface area (Å²) in [5.74, 6) is 0.236. The molecule has 0 saturated carbocycles. The lowest BCUT2D eigenvalue weighted by molar-refractivity contribution is -0.147. The van der Waals surface area contributed by atoms with Crippen LogP contribution in [-0.4, -0.2) is 33.1 Å². The van der Waals surface area contributed by atoms with Crippen molar-refractivity contribution in [1.82, 2.24) is 0 Å². The van der Waals surface area contributed by atoms with Crippen LogP contribution in [0, 0.1) is 5.92 Å². The summed E-state index contributed by atoms with van der Waals surface area (Å²) in [4.78, 5) is 11.3. The average Bonchev–Trinajstić information content (AvgIpc) is 2.63. The van der Waals surface area contributed by atoms with E-state index in [1.165, 1.54) is 7.11 Å². The Kier molecular flexibility index (Phi) is 1.87. The first-order valence-corrected chi connectivity index (χ1v) is 4.47. The van der Waals surface area contributed by atoms with Crippen LogP contribution in [0.2, 0.25) is 5.82 Å². The maximum Gasteiger partial charge on any atom is 0.310 e. The van der Waals surface area contributed by atoms with E-state index in [1.807, 2.05) is 0 Å². The summed E-state index contributed by atoms with van der Waals surface area (Å²) in [6, 6.07) is 0. The van der Waals surface area contributed by atoms with Crippen molar-refractivity contribution in [2.75, 3.05) is 7.11 Å². The molecular weight excluding hydrogens is 155 g/mol. The van der Waals surface area contributed by atoms with E-state index in [0.717, 1.165) is 12.8 Å². The van der Waals surface area contributed by atoms with E-state index in [9.17, 15) is 4.79 Å². The van der Waals surface area contributed by atoms with Gasteiger partial charge in [0.05, 0.1) is 25.2 Å². The highest BCUT2D eigenvalue weighted by atomic mass is 16.5. The number of ether oxygens (including phenoxy) is 2.